The minimum absolute atomic E-state index is 0.272. The van der Waals surface area contributed by atoms with E-state index >= 15 is 0 Å². The summed E-state index contributed by atoms with van der Waals surface area (Å²) in [6, 6.07) is 17.9. The molecule has 0 saturated carbocycles. The fourth-order valence-corrected chi connectivity index (χ4v) is 2.76. The van der Waals surface area contributed by atoms with E-state index < -0.39 is 0 Å². The summed E-state index contributed by atoms with van der Waals surface area (Å²) in [5.74, 6) is 0.934. The van der Waals surface area contributed by atoms with Gasteiger partial charge in [-0.05, 0) is 36.4 Å². The van der Waals surface area contributed by atoms with Gasteiger partial charge in [0.05, 0.1) is 23.1 Å². The van der Waals surface area contributed by atoms with Crippen LogP contribution < -0.4 is 20.1 Å². The van der Waals surface area contributed by atoms with Crippen LogP contribution in [0.15, 0.2) is 60.8 Å². The Kier molecular flexibility index (Phi) is 4.76. The number of fused-ring (bicyclic) bond motifs is 1. The van der Waals surface area contributed by atoms with Crippen LogP contribution >= 0.6 is 0 Å². The lowest BCUT2D eigenvalue weighted by Gasteiger charge is -2.19. The molecule has 1 aromatic heterocycles. The molecule has 0 radical (unpaired) electrons. The summed E-state index contributed by atoms with van der Waals surface area (Å²) >= 11 is 0. The zero-order valence-electron chi connectivity index (χ0n) is 14.8. The lowest BCUT2D eigenvalue weighted by atomic mass is 10.2. The van der Waals surface area contributed by atoms with Crippen LogP contribution in [-0.2, 0) is 0 Å². The van der Waals surface area contributed by atoms with Crippen molar-refractivity contribution >= 4 is 23.0 Å². The SMILES string of the molecule is N#Cc1ccccc1Nc1ccc(C(=O)Nc2ccc3c(c2)OCCO3)nc1. The van der Waals surface area contributed by atoms with Gasteiger partial charge in [0, 0.05) is 11.8 Å². The van der Waals surface area contributed by atoms with Gasteiger partial charge in [0.25, 0.3) is 5.91 Å². The first-order valence-corrected chi connectivity index (χ1v) is 8.66. The standard InChI is InChI=1S/C21H16N4O3/c22-12-14-3-1-2-4-17(14)24-16-5-7-18(23-13-16)21(26)25-15-6-8-19-20(11-15)28-10-9-27-19/h1-8,11,13,24H,9-10H2,(H,25,26). The number of nitrogens with zero attached hydrogens (tertiary/aromatic N) is 2. The smallest absolute Gasteiger partial charge is 0.274 e. The highest BCUT2D eigenvalue weighted by atomic mass is 16.6. The Morgan fingerprint density at radius 1 is 1.00 bits per heavy atom. The summed E-state index contributed by atoms with van der Waals surface area (Å²) in [6.07, 6.45) is 1.55. The second kappa shape index (κ2) is 7.68. The van der Waals surface area contributed by atoms with Crippen molar-refractivity contribution in [2.75, 3.05) is 23.8 Å². The van der Waals surface area contributed by atoms with Gasteiger partial charge < -0.3 is 20.1 Å². The quantitative estimate of drug-likeness (QED) is 0.725. The maximum atomic E-state index is 12.4. The van der Waals surface area contributed by atoms with E-state index in [1.54, 1.807) is 54.7 Å². The number of aromatic nitrogens is 1. The zero-order chi connectivity index (χ0) is 19.3. The minimum Gasteiger partial charge on any atom is -0.486 e. The number of carbonyl (C=O) groups is 1. The van der Waals surface area contributed by atoms with Crippen LogP contribution in [0.2, 0.25) is 0 Å². The van der Waals surface area contributed by atoms with Crippen molar-refractivity contribution in [1.82, 2.24) is 4.98 Å². The van der Waals surface area contributed by atoms with Crippen LogP contribution in [0.4, 0.5) is 17.1 Å². The first-order valence-electron chi connectivity index (χ1n) is 8.66. The summed E-state index contributed by atoms with van der Waals surface area (Å²) in [5.41, 5.74) is 2.76. The van der Waals surface area contributed by atoms with Crippen LogP contribution in [0, 0.1) is 11.3 Å². The molecule has 138 valence electrons. The average molecular weight is 372 g/mol. The van der Waals surface area contributed by atoms with Gasteiger partial charge in [-0.3, -0.25) is 4.79 Å². The van der Waals surface area contributed by atoms with Gasteiger partial charge in [0.15, 0.2) is 11.5 Å². The number of para-hydroxylation sites is 1. The number of carbonyl (C=O) groups excluding carboxylic acids is 1. The van der Waals surface area contributed by atoms with Crippen molar-refractivity contribution in [3.8, 4) is 17.6 Å². The predicted octanol–water partition coefficient (Wildman–Crippen LogP) is 3.72. The van der Waals surface area contributed by atoms with Crippen molar-refractivity contribution in [1.29, 1.82) is 5.26 Å². The predicted molar refractivity (Wildman–Crippen MR) is 104 cm³/mol. The Morgan fingerprint density at radius 3 is 2.57 bits per heavy atom. The molecule has 0 atom stereocenters. The number of nitrogens with one attached hydrogen (secondary N) is 2. The molecule has 0 bridgehead atoms. The second-order valence-electron chi connectivity index (χ2n) is 6.03. The normalized spacial score (nSPS) is 12.0. The molecule has 1 aliphatic rings. The Morgan fingerprint density at radius 2 is 1.79 bits per heavy atom. The van der Waals surface area contributed by atoms with Gasteiger partial charge in [0.1, 0.15) is 25.0 Å². The highest BCUT2D eigenvalue weighted by molar-refractivity contribution is 6.03. The van der Waals surface area contributed by atoms with E-state index in [1.807, 2.05) is 6.07 Å². The number of ether oxygens (including phenoxy) is 2. The lowest BCUT2D eigenvalue weighted by molar-refractivity contribution is 0.102. The van der Waals surface area contributed by atoms with Crippen LogP contribution in [0.25, 0.3) is 0 Å². The van der Waals surface area contributed by atoms with Gasteiger partial charge in [-0.1, -0.05) is 12.1 Å². The fraction of sp³-hybridized carbons (Fsp3) is 0.0952. The van der Waals surface area contributed by atoms with Crippen LogP contribution in [0.3, 0.4) is 0 Å². The third-order valence-corrected chi connectivity index (χ3v) is 4.12. The van der Waals surface area contributed by atoms with E-state index in [-0.39, 0.29) is 11.6 Å². The van der Waals surface area contributed by atoms with Crippen LogP contribution in [0.1, 0.15) is 16.1 Å². The summed E-state index contributed by atoms with van der Waals surface area (Å²) < 4.78 is 11.0. The molecule has 7 nitrogen and oxygen atoms in total. The van der Waals surface area contributed by atoms with E-state index in [9.17, 15) is 4.79 Å². The molecule has 0 aliphatic carbocycles. The maximum absolute atomic E-state index is 12.4. The molecule has 3 aromatic rings. The number of amides is 1. The second-order valence-corrected chi connectivity index (χ2v) is 6.03. The topological polar surface area (TPSA) is 96.3 Å². The van der Waals surface area contributed by atoms with Gasteiger partial charge in [0.2, 0.25) is 0 Å². The highest BCUT2D eigenvalue weighted by Crippen LogP contribution is 2.32. The average Bonchev–Trinajstić information content (AvgIpc) is 2.74. The van der Waals surface area contributed by atoms with Crippen molar-refractivity contribution in [3.63, 3.8) is 0 Å². The summed E-state index contributed by atoms with van der Waals surface area (Å²) in [6.45, 7) is 0.997. The fourth-order valence-electron chi connectivity index (χ4n) is 2.76. The Hall–Kier alpha value is -4.05. The number of hydrogen-bond acceptors (Lipinski definition) is 6. The Balaban J connectivity index is 1.45. The van der Waals surface area contributed by atoms with E-state index in [0.717, 1.165) is 0 Å². The number of anilines is 3. The molecule has 2 heterocycles. The first-order chi connectivity index (χ1) is 13.7. The van der Waals surface area contributed by atoms with Gasteiger partial charge in [-0.15, -0.1) is 0 Å². The van der Waals surface area contributed by atoms with Crippen LogP contribution in [0.5, 0.6) is 11.5 Å². The molecule has 28 heavy (non-hydrogen) atoms. The number of hydrogen-bond donors (Lipinski definition) is 2. The molecule has 0 saturated heterocycles. The van der Waals surface area contributed by atoms with E-state index in [0.29, 0.717) is 47.3 Å². The third-order valence-electron chi connectivity index (χ3n) is 4.12. The number of rotatable bonds is 4. The molecular weight excluding hydrogens is 356 g/mol. The van der Waals surface area contributed by atoms with Crippen molar-refractivity contribution < 1.29 is 14.3 Å². The van der Waals surface area contributed by atoms with Crippen molar-refractivity contribution in [3.05, 3.63) is 72.1 Å². The minimum atomic E-state index is -0.333. The molecule has 1 amide bonds. The molecule has 0 spiro atoms. The third kappa shape index (κ3) is 3.71. The molecule has 0 fully saturated rings. The zero-order valence-corrected chi connectivity index (χ0v) is 14.8. The van der Waals surface area contributed by atoms with E-state index in [2.05, 4.69) is 21.7 Å². The number of benzene rings is 2. The molecule has 0 unspecified atom stereocenters. The monoisotopic (exact) mass is 372 g/mol. The molecule has 2 N–H and O–H groups in total. The van der Waals surface area contributed by atoms with Gasteiger partial charge >= 0.3 is 0 Å². The maximum Gasteiger partial charge on any atom is 0.274 e. The number of nitriles is 1. The summed E-state index contributed by atoms with van der Waals surface area (Å²) in [7, 11) is 0. The summed E-state index contributed by atoms with van der Waals surface area (Å²) in [5, 5.41) is 15.1. The Bertz CT molecular complexity index is 1060. The lowest BCUT2D eigenvalue weighted by Crippen LogP contribution is -2.17. The van der Waals surface area contributed by atoms with Gasteiger partial charge in [-0.2, -0.15) is 5.26 Å². The van der Waals surface area contributed by atoms with Gasteiger partial charge in [-0.25, -0.2) is 4.98 Å². The number of pyridine rings is 1. The molecule has 4 rings (SSSR count). The molecule has 1 aliphatic heterocycles. The molecular formula is C21H16N4O3. The Labute approximate surface area is 161 Å². The summed E-state index contributed by atoms with van der Waals surface area (Å²) in [4.78, 5) is 16.6. The highest BCUT2D eigenvalue weighted by Gasteiger charge is 2.14. The van der Waals surface area contributed by atoms with E-state index in [4.69, 9.17) is 14.7 Å². The van der Waals surface area contributed by atoms with Crippen LogP contribution in [-0.4, -0.2) is 24.1 Å². The van der Waals surface area contributed by atoms with Crippen molar-refractivity contribution in [2.24, 2.45) is 0 Å². The largest absolute Gasteiger partial charge is 0.486 e. The molecule has 2 aromatic carbocycles. The first kappa shape index (κ1) is 17.4. The van der Waals surface area contributed by atoms with Crippen molar-refractivity contribution in [2.45, 2.75) is 0 Å². The van der Waals surface area contributed by atoms with E-state index in [1.165, 1.54) is 0 Å². The molecule has 7 heteroatoms.